The zero-order chi connectivity index (χ0) is 16.1. The van der Waals surface area contributed by atoms with Gasteiger partial charge in [-0.05, 0) is 31.4 Å². The summed E-state index contributed by atoms with van der Waals surface area (Å²) in [6.45, 7) is 6.14. The van der Waals surface area contributed by atoms with Crippen LogP contribution in [0, 0.1) is 5.92 Å². The summed E-state index contributed by atoms with van der Waals surface area (Å²) in [5.74, 6) is 2.31. The lowest BCUT2D eigenvalue weighted by molar-refractivity contribution is 0.476. The average molecular weight is 324 g/mol. The molecular formula is C15H28N6S. The number of rotatable bonds is 8. The Morgan fingerprint density at radius 2 is 2.18 bits per heavy atom. The van der Waals surface area contributed by atoms with E-state index < -0.39 is 0 Å². The van der Waals surface area contributed by atoms with Crippen LogP contribution in [-0.2, 0) is 13.0 Å². The van der Waals surface area contributed by atoms with Gasteiger partial charge in [0.1, 0.15) is 5.82 Å². The Morgan fingerprint density at radius 1 is 1.45 bits per heavy atom. The van der Waals surface area contributed by atoms with E-state index in [1.807, 2.05) is 13.3 Å². The molecule has 0 aliphatic heterocycles. The fraction of sp³-hybridized carbons (Fsp3) is 0.800. The van der Waals surface area contributed by atoms with E-state index >= 15 is 0 Å². The molecule has 0 radical (unpaired) electrons. The highest BCUT2D eigenvalue weighted by molar-refractivity contribution is 7.98. The van der Waals surface area contributed by atoms with Crippen molar-refractivity contribution in [3.8, 4) is 0 Å². The molecule has 1 fully saturated rings. The minimum Gasteiger partial charge on any atom is -0.370 e. The molecule has 1 heterocycles. The van der Waals surface area contributed by atoms with Gasteiger partial charge >= 0.3 is 0 Å². The Morgan fingerprint density at radius 3 is 2.77 bits per heavy atom. The first-order valence-corrected chi connectivity index (χ1v) is 9.24. The number of hydrogen-bond acceptors (Lipinski definition) is 4. The average Bonchev–Trinajstić information content (AvgIpc) is 3.26. The summed E-state index contributed by atoms with van der Waals surface area (Å²) in [5.41, 5.74) is 6.00. The van der Waals surface area contributed by atoms with Crippen molar-refractivity contribution in [1.29, 1.82) is 0 Å². The first-order chi connectivity index (χ1) is 10.5. The highest BCUT2D eigenvalue weighted by atomic mass is 32.2. The van der Waals surface area contributed by atoms with Crippen LogP contribution in [0.4, 0.5) is 0 Å². The molecule has 6 nitrogen and oxygen atoms in total. The quantitative estimate of drug-likeness (QED) is 0.343. The first-order valence-electron chi connectivity index (χ1n) is 8.01. The minimum atomic E-state index is 0.585. The third-order valence-electron chi connectivity index (χ3n) is 3.81. The van der Waals surface area contributed by atoms with Crippen molar-refractivity contribution in [3.05, 3.63) is 5.82 Å². The smallest absolute Gasteiger partial charge is 0.191 e. The summed E-state index contributed by atoms with van der Waals surface area (Å²) < 4.78 is 2.23. The van der Waals surface area contributed by atoms with Gasteiger partial charge < -0.3 is 15.2 Å². The van der Waals surface area contributed by atoms with Crippen molar-refractivity contribution < 1.29 is 0 Å². The fourth-order valence-electron chi connectivity index (χ4n) is 2.39. The molecule has 1 saturated carbocycles. The van der Waals surface area contributed by atoms with Gasteiger partial charge in [0.05, 0.1) is 0 Å². The summed E-state index contributed by atoms with van der Waals surface area (Å²) in [7, 11) is 2.03. The molecule has 1 aliphatic carbocycles. The van der Waals surface area contributed by atoms with E-state index in [0.717, 1.165) is 36.9 Å². The molecule has 7 heteroatoms. The molecule has 1 aromatic rings. The number of nitrogens with two attached hydrogens (primary N) is 1. The Kier molecular flexibility index (Phi) is 6.11. The zero-order valence-corrected chi connectivity index (χ0v) is 14.9. The molecule has 0 saturated heterocycles. The van der Waals surface area contributed by atoms with E-state index in [1.54, 1.807) is 11.8 Å². The van der Waals surface area contributed by atoms with Gasteiger partial charge in [0, 0.05) is 32.6 Å². The maximum atomic E-state index is 6.00. The van der Waals surface area contributed by atoms with Gasteiger partial charge in [0.25, 0.3) is 0 Å². The van der Waals surface area contributed by atoms with Gasteiger partial charge in [-0.25, -0.2) is 0 Å². The summed E-state index contributed by atoms with van der Waals surface area (Å²) in [6.07, 6.45) is 6.36. The van der Waals surface area contributed by atoms with E-state index in [1.165, 1.54) is 12.8 Å². The highest BCUT2D eigenvalue weighted by Gasteiger charge is 2.27. The van der Waals surface area contributed by atoms with E-state index in [-0.39, 0.29) is 0 Å². The van der Waals surface area contributed by atoms with Crippen LogP contribution in [-0.4, -0.2) is 51.5 Å². The summed E-state index contributed by atoms with van der Waals surface area (Å²) >= 11 is 1.65. The molecule has 2 N–H and O–H groups in total. The van der Waals surface area contributed by atoms with Crippen molar-refractivity contribution in [3.63, 3.8) is 0 Å². The molecule has 0 aromatic carbocycles. The number of nitrogens with zero attached hydrogens (tertiary/aromatic N) is 5. The van der Waals surface area contributed by atoms with Crippen molar-refractivity contribution in [1.82, 2.24) is 19.7 Å². The van der Waals surface area contributed by atoms with Gasteiger partial charge in [-0.2, -0.15) is 0 Å². The first kappa shape index (κ1) is 17.1. The molecule has 0 spiro atoms. The van der Waals surface area contributed by atoms with Gasteiger partial charge in [0.2, 0.25) is 0 Å². The van der Waals surface area contributed by atoms with Gasteiger partial charge in [0.15, 0.2) is 11.1 Å². The normalized spacial score (nSPS) is 15.6. The predicted octanol–water partition coefficient (Wildman–Crippen LogP) is 2.00. The number of aliphatic imine (C=N–C) groups is 1. The molecule has 0 unspecified atom stereocenters. The van der Waals surface area contributed by atoms with Crippen LogP contribution in [0.25, 0.3) is 0 Å². The molecule has 22 heavy (non-hydrogen) atoms. The number of guanidine groups is 1. The maximum Gasteiger partial charge on any atom is 0.191 e. The topological polar surface area (TPSA) is 72.3 Å². The van der Waals surface area contributed by atoms with Crippen molar-refractivity contribution in [2.75, 3.05) is 19.8 Å². The molecule has 0 bridgehead atoms. The number of hydrogen-bond donors (Lipinski definition) is 1. The fourth-order valence-corrected chi connectivity index (χ4v) is 2.92. The lowest BCUT2D eigenvalue weighted by atomic mass is 10.2. The Bertz CT molecular complexity index is 506. The van der Waals surface area contributed by atoms with Crippen LogP contribution in [0.2, 0.25) is 0 Å². The van der Waals surface area contributed by atoms with Crippen LogP contribution in [0.15, 0.2) is 10.1 Å². The second-order valence-corrected chi connectivity index (χ2v) is 7.07. The molecule has 1 aromatic heterocycles. The largest absolute Gasteiger partial charge is 0.370 e. The number of aryl methyl sites for hydroxylation is 1. The molecular weight excluding hydrogens is 296 g/mol. The third kappa shape index (κ3) is 4.63. The van der Waals surface area contributed by atoms with Crippen molar-refractivity contribution >= 4 is 17.7 Å². The molecule has 124 valence electrons. The Labute approximate surface area is 137 Å². The molecule has 1 aliphatic rings. The van der Waals surface area contributed by atoms with E-state index in [4.69, 9.17) is 5.73 Å². The van der Waals surface area contributed by atoms with E-state index in [9.17, 15) is 0 Å². The van der Waals surface area contributed by atoms with Gasteiger partial charge in [-0.1, -0.05) is 25.6 Å². The van der Waals surface area contributed by atoms with Crippen LogP contribution < -0.4 is 5.73 Å². The standard InChI is InChI=1S/C15H28N6S/c1-11(2)10-21-13(18-19-15(21)22-4)6-5-9-17-14(16)20(3)12-7-8-12/h11-12H,5-10H2,1-4H3,(H2,16,17). The maximum absolute atomic E-state index is 6.00. The monoisotopic (exact) mass is 324 g/mol. The summed E-state index contributed by atoms with van der Waals surface area (Å²) in [6, 6.07) is 0.613. The SMILES string of the molecule is CSc1nnc(CCCN=C(N)N(C)C2CC2)n1CC(C)C. The molecule has 0 atom stereocenters. The molecule has 2 rings (SSSR count). The predicted molar refractivity (Wildman–Crippen MR) is 92.2 cm³/mol. The minimum absolute atomic E-state index is 0.585. The van der Waals surface area contributed by atoms with Crippen LogP contribution in [0.1, 0.15) is 38.9 Å². The Balaban J connectivity index is 1.86. The molecule has 0 amide bonds. The summed E-state index contributed by atoms with van der Waals surface area (Å²) in [4.78, 5) is 6.57. The number of thioether (sulfide) groups is 1. The number of aromatic nitrogens is 3. The van der Waals surface area contributed by atoms with Gasteiger partial charge in [-0.15, -0.1) is 10.2 Å². The van der Waals surface area contributed by atoms with Crippen LogP contribution >= 0.6 is 11.8 Å². The van der Waals surface area contributed by atoms with Crippen LogP contribution in [0.3, 0.4) is 0 Å². The Hall–Kier alpha value is -1.24. The lowest BCUT2D eigenvalue weighted by Crippen LogP contribution is -2.35. The second-order valence-electron chi connectivity index (χ2n) is 6.29. The van der Waals surface area contributed by atoms with Crippen molar-refractivity contribution in [2.24, 2.45) is 16.6 Å². The van der Waals surface area contributed by atoms with E-state index in [0.29, 0.717) is 17.9 Å². The van der Waals surface area contributed by atoms with Crippen molar-refractivity contribution in [2.45, 2.75) is 57.3 Å². The van der Waals surface area contributed by atoms with Crippen LogP contribution in [0.5, 0.6) is 0 Å². The highest BCUT2D eigenvalue weighted by Crippen LogP contribution is 2.24. The lowest BCUT2D eigenvalue weighted by Gasteiger charge is -2.16. The second kappa shape index (κ2) is 7.85. The summed E-state index contributed by atoms with van der Waals surface area (Å²) in [5, 5.41) is 9.60. The van der Waals surface area contributed by atoms with Gasteiger partial charge in [-0.3, -0.25) is 4.99 Å². The third-order valence-corrected chi connectivity index (χ3v) is 4.48. The van der Waals surface area contributed by atoms with E-state index in [2.05, 4.69) is 38.5 Å². The zero-order valence-electron chi connectivity index (χ0n) is 14.1.